The van der Waals surface area contributed by atoms with Gasteiger partial charge in [0, 0.05) is 0 Å². The lowest BCUT2D eigenvalue weighted by Gasteiger charge is -2.17. The van der Waals surface area contributed by atoms with E-state index in [1.165, 1.54) is 5.56 Å². The smallest absolute Gasteiger partial charge is 0.273 e. The highest BCUT2D eigenvalue weighted by molar-refractivity contribution is 6.42. The standard InChI is InChI=1S/C13H14Cl2NO/c1-2-9(5-11-7-17-8-16-11)10-3-4-12(14)13(15)6-10/h3-4,6,9,11H,2,5,7H2,1H3. The van der Waals surface area contributed by atoms with Gasteiger partial charge in [-0.05, 0) is 36.5 Å². The van der Waals surface area contributed by atoms with Crippen molar-refractivity contribution in [1.82, 2.24) is 0 Å². The first kappa shape index (κ1) is 12.7. The van der Waals surface area contributed by atoms with Gasteiger partial charge >= 0.3 is 0 Å². The highest BCUT2D eigenvalue weighted by atomic mass is 35.5. The molecule has 0 saturated carbocycles. The molecule has 1 heterocycles. The maximum Gasteiger partial charge on any atom is 0.273 e. The van der Waals surface area contributed by atoms with Crippen molar-refractivity contribution in [3.8, 4) is 0 Å². The van der Waals surface area contributed by atoms with Crippen molar-refractivity contribution in [1.29, 1.82) is 0 Å². The second kappa shape index (κ2) is 5.74. The topological polar surface area (TPSA) is 21.6 Å². The molecule has 0 spiro atoms. The molecule has 91 valence electrons. The molecule has 2 rings (SSSR count). The first-order valence-electron chi connectivity index (χ1n) is 5.72. The summed E-state index contributed by atoms with van der Waals surface area (Å²) < 4.78 is 5.02. The fourth-order valence-corrected chi connectivity index (χ4v) is 2.34. The average molecular weight is 271 g/mol. The largest absolute Gasteiger partial charge is 0.472 e. The summed E-state index contributed by atoms with van der Waals surface area (Å²) in [5.41, 5.74) is 1.21. The summed E-state index contributed by atoms with van der Waals surface area (Å²) in [6.07, 6.45) is 4.56. The SMILES string of the molecule is CCC(CC1CO[C]=N1)c1ccc(Cl)c(Cl)c1. The van der Waals surface area contributed by atoms with E-state index in [-0.39, 0.29) is 6.04 Å². The van der Waals surface area contributed by atoms with Crippen LogP contribution in [-0.2, 0) is 4.74 Å². The monoisotopic (exact) mass is 270 g/mol. The number of benzene rings is 1. The van der Waals surface area contributed by atoms with Crippen LogP contribution in [0.1, 0.15) is 31.2 Å². The van der Waals surface area contributed by atoms with Gasteiger partial charge in [0.2, 0.25) is 0 Å². The molecule has 1 aliphatic heterocycles. The van der Waals surface area contributed by atoms with E-state index in [1.807, 2.05) is 18.2 Å². The Hall–Kier alpha value is -0.730. The Morgan fingerprint density at radius 2 is 2.29 bits per heavy atom. The number of hydrogen-bond donors (Lipinski definition) is 0. The van der Waals surface area contributed by atoms with Crippen LogP contribution in [0.3, 0.4) is 0 Å². The van der Waals surface area contributed by atoms with Crippen molar-refractivity contribution in [2.45, 2.75) is 31.7 Å². The van der Waals surface area contributed by atoms with E-state index in [1.54, 1.807) is 0 Å². The van der Waals surface area contributed by atoms with Crippen LogP contribution in [0.5, 0.6) is 0 Å². The Morgan fingerprint density at radius 1 is 1.47 bits per heavy atom. The van der Waals surface area contributed by atoms with Crippen LogP contribution >= 0.6 is 23.2 Å². The van der Waals surface area contributed by atoms with Gasteiger partial charge in [0.25, 0.3) is 6.40 Å². The molecule has 2 unspecified atom stereocenters. The van der Waals surface area contributed by atoms with Crippen LogP contribution in [0.15, 0.2) is 23.2 Å². The molecular formula is C13H14Cl2NO. The van der Waals surface area contributed by atoms with Gasteiger partial charge < -0.3 is 4.74 Å². The van der Waals surface area contributed by atoms with Crippen molar-refractivity contribution >= 4 is 29.6 Å². The predicted octanol–water partition coefficient (Wildman–Crippen LogP) is 4.18. The van der Waals surface area contributed by atoms with Crippen molar-refractivity contribution in [3.05, 3.63) is 33.8 Å². The summed E-state index contributed by atoms with van der Waals surface area (Å²) in [5.74, 6) is 0.432. The minimum atomic E-state index is 0.217. The van der Waals surface area contributed by atoms with E-state index in [9.17, 15) is 0 Å². The number of hydrogen-bond acceptors (Lipinski definition) is 2. The second-order valence-corrected chi connectivity index (χ2v) is 5.01. The van der Waals surface area contributed by atoms with Crippen LogP contribution in [0, 0.1) is 0 Å². The summed E-state index contributed by atoms with van der Waals surface area (Å²) in [4.78, 5) is 4.16. The molecule has 17 heavy (non-hydrogen) atoms. The zero-order valence-electron chi connectivity index (χ0n) is 9.62. The fourth-order valence-electron chi connectivity index (χ4n) is 2.04. The average Bonchev–Trinajstić information content (AvgIpc) is 2.82. The minimum Gasteiger partial charge on any atom is -0.472 e. The molecule has 2 atom stereocenters. The van der Waals surface area contributed by atoms with Gasteiger partial charge in [0.15, 0.2) is 0 Å². The Bertz CT molecular complexity index is 420. The molecule has 0 saturated heterocycles. The van der Waals surface area contributed by atoms with Gasteiger partial charge in [-0.15, -0.1) is 0 Å². The van der Waals surface area contributed by atoms with Gasteiger partial charge in [-0.1, -0.05) is 36.2 Å². The summed E-state index contributed by atoms with van der Waals surface area (Å²) in [6, 6.07) is 6.05. The van der Waals surface area contributed by atoms with E-state index in [0.29, 0.717) is 22.6 Å². The highest BCUT2D eigenvalue weighted by Crippen LogP contribution is 2.31. The zero-order chi connectivity index (χ0) is 12.3. The highest BCUT2D eigenvalue weighted by Gasteiger charge is 2.19. The predicted molar refractivity (Wildman–Crippen MR) is 71.3 cm³/mol. The molecule has 0 amide bonds. The molecule has 1 aliphatic rings. The van der Waals surface area contributed by atoms with Crippen LogP contribution in [-0.4, -0.2) is 19.0 Å². The van der Waals surface area contributed by atoms with Gasteiger partial charge in [-0.2, -0.15) is 0 Å². The Balaban J connectivity index is 2.10. The number of nitrogens with zero attached hydrogens (tertiary/aromatic N) is 1. The van der Waals surface area contributed by atoms with E-state index >= 15 is 0 Å². The summed E-state index contributed by atoms with van der Waals surface area (Å²) in [7, 11) is 0. The third-order valence-corrected chi connectivity index (χ3v) is 3.78. The Morgan fingerprint density at radius 3 is 2.88 bits per heavy atom. The number of ether oxygens (including phenoxy) is 1. The first-order chi connectivity index (χ1) is 8.20. The summed E-state index contributed by atoms with van der Waals surface area (Å²) in [6.45, 7) is 2.80. The zero-order valence-corrected chi connectivity index (χ0v) is 11.1. The number of aliphatic imine (C=N–C) groups is 1. The molecule has 0 aromatic heterocycles. The number of rotatable bonds is 4. The lowest BCUT2D eigenvalue weighted by atomic mass is 9.90. The maximum atomic E-state index is 6.04. The molecule has 0 aliphatic carbocycles. The van der Waals surface area contributed by atoms with E-state index in [2.05, 4.69) is 18.3 Å². The lowest BCUT2D eigenvalue weighted by Crippen LogP contribution is -2.12. The van der Waals surface area contributed by atoms with Crippen LogP contribution in [0.4, 0.5) is 0 Å². The van der Waals surface area contributed by atoms with Crippen molar-refractivity contribution in [3.63, 3.8) is 0 Å². The van der Waals surface area contributed by atoms with E-state index < -0.39 is 0 Å². The molecule has 1 aromatic carbocycles. The van der Waals surface area contributed by atoms with Crippen molar-refractivity contribution in [2.75, 3.05) is 6.61 Å². The van der Waals surface area contributed by atoms with E-state index in [0.717, 1.165) is 12.8 Å². The molecule has 1 aromatic rings. The van der Waals surface area contributed by atoms with Gasteiger partial charge in [0.1, 0.15) is 6.61 Å². The van der Waals surface area contributed by atoms with Gasteiger partial charge in [-0.3, -0.25) is 0 Å². The first-order valence-corrected chi connectivity index (χ1v) is 6.48. The second-order valence-electron chi connectivity index (χ2n) is 4.20. The minimum absolute atomic E-state index is 0.217. The summed E-state index contributed by atoms with van der Waals surface area (Å²) >= 11 is 12.0. The molecular weight excluding hydrogens is 257 g/mol. The molecule has 0 N–H and O–H groups in total. The molecule has 2 nitrogen and oxygen atoms in total. The quantitative estimate of drug-likeness (QED) is 0.804. The van der Waals surface area contributed by atoms with Crippen molar-refractivity contribution in [2.24, 2.45) is 4.99 Å². The van der Waals surface area contributed by atoms with Gasteiger partial charge in [0.05, 0.1) is 16.1 Å². The van der Waals surface area contributed by atoms with E-state index in [4.69, 9.17) is 27.9 Å². The molecule has 1 radical (unpaired) electrons. The lowest BCUT2D eigenvalue weighted by molar-refractivity contribution is 0.314. The number of halogens is 2. The normalized spacial score (nSPS) is 20.3. The van der Waals surface area contributed by atoms with Gasteiger partial charge in [-0.25, -0.2) is 4.99 Å². The van der Waals surface area contributed by atoms with Crippen LogP contribution in [0.25, 0.3) is 0 Å². The molecule has 0 bridgehead atoms. The van der Waals surface area contributed by atoms with Crippen molar-refractivity contribution < 1.29 is 4.74 Å². The third kappa shape index (κ3) is 3.14. The maximum absolute atomic E-state index is 6.04. The molecule has 0 fully saturated rings. The Kier molecular flexibility index (Phi) is 4.30. The Labute approximate surface area is 112 Å². The summed E-state index contributed by atoms with van der Waals surface area (Å²) in [5, 5.41) is 1.21. The fraction of sp³-hybridized carbons (Fsp3) is 0.462. The molecule has 4 heteroatoms. The van der Waals surface area contributed by atoms with Crippen LogP contribution < -0.4 is 0 Å². The third-order valence-electron chi connectivity index (χ3n) is 3.04. The van der Waals surface area contributed by atoms with Crippen LogP contribution in [0.2, 0.25) is 10.0 Å².